The van der Waals surface area contributed by atoms with Crippen LogP contribution in [0.1, 0.15) is 0 Å². The average molecular weight is 622 g/mol. The molecule has 214 valence electrons. The van der Waals surface area contributed by atoms with Crippen molar-refractivity contribution in [1.82, 2.24) is 15.0 Å². The largest absolute Gasteiger partial charge is 0.208 e. The third-order valence-electron chi connectivity index (χ3n) is 8.90. The van der Waals surface area contributed by atoms with Crippen molar-refractivity contribution in [2.24, 2.45) is 0 Å². The van der Waals surface area contributed by atoms with Gasteiger partial charge in [0.25, 0.3) is 0 Å². The molecule has 10 rings (SSSR count). The van der Waals surface area contributed by atoms with E-state index in [1.165, 1.54) is 61.9 Å². The van der Waals surface area contributed by atoms with Gasteiger partial charge in [-0.3, -0.25) is 0 Å². The fraction of sp³-hybridized carbons (Fsp3) is 0. The molecule has 5 heteroatoms. The van der Waals surface area contributed by atoms with Gasteiger partial charge in [-0.25, -0.2) is 15.0 Å². The molecule has 0 amide bonds. The van der Waals surface area contributed by atoms with Gasteiger partial charge >= 0.3 is 0 Å². The quantitative estimate of drug-likeness (QED) is 0.184. The Hall–Kier alpha value is -5.49. The Morgan fingerprint density at radius 1 is 0.370 bits per heavy atom. The van der Waals surface area contributed by atoms with E-state index < -0.39 is 0 Å². The van der Waals surface area contributed by atoms with Gasteiger partial charge in [-0.1, -0.05) is 103 Å². The van der Waals surface area contributed by atoms with E-state index >= 15 is 0 Å². The van der Waals surface area contributed by atoms with Crippen LogP contribution in [0.25, 0.3) is 96.1 Å². The monoisotopic (exact) mass is 621 g/mol. The van der Waals surface area contributed by atoms with Crippen LogP contribution in [-0.4, -0.2) is 15.0 Å². The second-order valence-electron chi connectivity index (χ2n) is 11.6. The lowest BCUT2D eigenvalue weighted by Gasteiger charge is -2.12. The van der Waals surface area contributed by atoms with Crippen LogP contribution in [0, 0.1) is 0 Å². The summed E-state index contributed by atoms with van der Waals surface area (Å²) in [5.41, 5.74) is 2.97. The highest BCUT2D eigenvalue weighted by Gasteiger charge is 2.20. The summed E-state index contributed by atoms with van der Waals surface area (Å²) in [5.74, 6) is 2.03. The lowest BCUT2D eigenvalue weighted by molar-refractivity contribution is 1.08. The molecule has 0 saturated carbocycles. The van der Waals surface area contributed by atoms with Gasteiger partial charge in [-0.15, -0.1) is 22.7 Å². The van der Waals surface area contributed by atoms with Gasteiger partial charge in [-0.05, 0) is 52.6 Å². The maximum atomic E-state index is 5.26. The zero-order valence-corrected chi connectivity index (χ0v) is 26.1. The Balaban J connectivity index is 1.30. The van der Waals surface area contributed by atoms with E-state index in [-0.39, 0.29) is 0 Å². The topological polar surface area (TPSA) is 38.7 Å². The molecule has 0 aliphatic heterocycles. The summed E-state index contributed by atoms with van der Waals surface area (Å²) in [7, 11) is 0. The Bertz CT molecular complexity index is 2810. The minimum atomic E-state index is 0.669. The Morgan fingerprint density at radius 2 is 1.00 bits per heavy atom. The first-order chi connectivity index (χ1) is 22.8. The molecule has 10 aromatic rings. The molecule has 7 aromatic carbocycles. The van der Waals surface area contributed by atoms with Crippen molar-refractivity contribution < 1.29 is 0 Å². The summed E-state index contributed by atoms with van der Waals surface area (Å²) >= 11 is 3.67. The van der Waals surface area contributed by atoms with Crippen LogP contribution in [0.4, 0.5) is 0 Å². The summed E-state index contributed by atoms with van der Waals surface area (Å²) in [4.78, 5) is 15.5. The number of hydrogen-bond acceptors (Lipinski definition) is 5. The lowest BCUT2D eigenvalue weighted by atomic mass is 9.96. The molecule has 0 saturated heterocycles. The predicted octanol–water partition coefficient (Wildman–Crippen LogP) is 11.9. The Labute approximate surface area is 272 Å². The van der Waals surface area contributed by atoms with Gasteiger partial charge < -0.3 is 0 Å². The van der Waals surface area contributed by atoms with E-state index in [1.807, 2.05) is 40.9 Å². The number of fused-ring (bicyclic) bond motifs is 10. The van der Waals surface area contributed by atoms with Crippen LogP contribution in [-0.2, 0) is 0 Å². The van der Waals surface area contributed by atoms with Crippen LogP contribution in [0.2, 0.25) is 0 Å². The van der Waals surface area contributed by atoms with E-state index in [0.29, 0.717) is 17.5 Å². The van der Waals surface area contributed by atoms with Gasteiger partial charge in [0, 0.05) is 62.4 Å². The molecule has 0 bridgehead atoms. The van der Waals surface area contributed by atoms with Crippen LogP contribution in [0.15, 0.2) is 140 Å². The molecule has 0 unspecified atom stereocenters. The van der Waals surface area contributed by atoms with Crippen LogP contribution >= 0.6 is 22.7 Å². The van der Waals surface area contributed by atoms with Crippen LogP contribution in [0.5, 0.6) is 0 Å². The van der Waals surface area contributed by atoms with Crippen LogP contribution < -0.4 is 0 Å². The van der Waals surface area contributed by atoms with E-state index in [9.17, 15) is 0 Å². The molecular formula is C41H23N3S2. The molecule has 0 fully saturated rings. The molecule has 46 heavy (non-hydrogen) atoms. The van der Waals surface area contributed by atoms with Crippen molar-refractivity contribution >= 4 is 84.6 Å². The smallest absolute Gasteiger partial charge is 0.164 e. The molecule has 0 aliphatic rings. The van der Waals surface area contributed by atoms with Gasteiger partial charge in [0.1, 0.15) is 0 Å². The molecule has 3 aromatic heterocycles. The minimum Gasteiger partial charge on any atom is -0.208 e. The Morgan fingerprint density at radius 3 is 1.85 bits per heavy atom. The van der Waals surface area contributed by atoms with Crippen molar-refractivity contribution in [3.8, 4) is 34.2 Å². The van der Waals surface area contributed by atoms with Crippen LogP contribution in [0.3, 0.4) is 0 Å². The molecular weight excluding hydrogens is 599 g/mol. The number of hydrogen-bond donors (Lipinski definition) is 0. The lowest BCUT2D eigenvalue weighted by Crippen LogP contribution is -2.00. The highest BCUT2D eigenvalue weighted by molar-refractivity contribution is 7.27. The molecule has 0 radical (unpaired) electrons. The third kappa shape index (κ3) is 3.92. The van der Waals surface area contributed by atoms with Gasteiger partial charge in [0.2, 0.25) is 0 Å². The molecule has 0 aliphatic carbocycles. The molecule has 0 spiro atoms. The standard InChI is InChI=1S/C41H23N3S2/c1-2-11-25(12-3-1)39-42-40(27-20-21-35-31(23-27)29-14-6-8-16-33(29)45-35)44-41(43-39)32-22-26-19-18-24-10-4-5-13-28(24)36(26)38-37(32)30-15-7-9-17-34(30)46-38/h1-23H. The van der Waals surface area contributed by atoms with E-state index in [4.69, 9.17) is 15.0 Å². The number of thiophene rings is 2. The van der Waals surface area contributed by atoms with Crippen molar-refractivity contribution in [3.05, 3.63) is 140 Å². The summed E-state index contributed by atoms with van der Waals surface area (Å²) in [6, 6.07) is 49.5. The first-order valence-corrected chi connectivity index (χ1v) is 16.9. The predicted molar refractivity (Wildman–Crippen MR) is 197 cm³/mol. The number of rotatable bonds is 3. The second-order valence-corrected chi connectivity index (χ2v) is 13.7. The highest BCUT2D eigenvalue weighted by Crippen LogP contribution is 2.46. The van der Waals surface area contributed by atoms with Crippen molar-refractivity contribution in [3.63, 3.8) is 0 Å². The van der Waals surface area contributed by atoms with E-state index in [1.54, 1.807) is 0 Å². The second kappa shape index (κ2) is 10.0. The maximum absolute atomic E-state index is 5.26. The van der Waals surface area contributed by atoms with Crippen molar-refractivity contribution in [2.75, 3.05) is 0 Å². The summed E-state index contributed by atoms with van der Waals surface area (Å²) < 4.78 is 5.06. The normalized spacial score (nSPS) is 11.9. The van der Waals surface area contributed by atoms with Gasteiger partial charge in [0.05, 0.1) is 0 Å². The summed E-state index contributed by atoms with van der Waals surface area (Å²) in [6.07, 6.45) is 0. The highest BCUT2D eigenvalue weighted by atomic mass is 32.1. The zero-order chi connectivity index (χ0) is 30.2. The molecule has 3 nitrogen and oxygen atoms in total. The Kier molecular flexibility index (Phi) is 5.61. The first kappa shape index (κ1) is 25.8. The average Bonchev–Trinajstić information content (AvgIpc) is 3.70. The maximum Gasteiger partial charge on any atom is 0.164 e. The zero-order valence-electron chi connectivity index (χ0n) is 24.4. The number of aromatic nitrogens is 3. The van der Waals surface area contributed by atoms with Crippen molar-refractivity contribution in [1.29, 1.82) is 0 Å². The van der Waals surface area contributed by atoms with E-state index in [0.717, 1.165) is 16.7 Å². The molecule has 3 heterocycles. The molecule has 0 N–H and O–H groups in total. The number of nitrogens with zero attached hydrogens (tertiary/aromatic N) is 3. The SMILES string of the molecule is c1ccc(-c2nc(-c3ccc4sc5ccccc5c4c3)nc(-c3cc4ccc5ccccc5c4c4sc5ccccc5c34)n2)cc1. The van der Waals surface area contributed by atoms with E-state index in [2.05, 4.69) is 121 Å². The first-order valence-electron chi connectivity index (χ1n) is 15.3. The molecule has 0 atom stereocenters. The third-order valence-corrected chi connectivity index (χ3v) is 11.2. The van der Waals surface area contributed by atoms with Gasteiger partial charge in [0.15, 0.2) is 17.5 Å². The summed E-state index contributed by atoms with van der Waals surface area (Å²) in [6.45, 7) is 0. The fourth-order valence-corrected chi connectivity index (χ4v) is 9.15. The van der Waals surface area contributed by atoms with Crippen molar-refractivity contribution in [2.45, 2.75) is 0 Å². The summed E-state index contributed by atoms with van der Waals surface area (Å²) in [5, 5.41) is 9.88. The minimum absolute atomic E-state index is 0.669. The fourth-order valence-electron chi connectivity index (χ4n) is 6.76. The van der Waals surface area contributed by atoms with Gasteiger partial charge in [-0.2, -0.15) is 0 Å². The number of benzene rings is 7.